The van der Waals surface area contributed by atoms with Crippen molar-refractivity contribution in [2.75, 3.05) is 7.05 Å². The van der Waals surface area contributed by atoms with E-state index >= 15 is 0 Å². The van der Waals surface area contributed by atoms with Crippen LogP contribution in [0, 0.1) is 13.8 Å². The third kappa shape index (κ3) is 3.61. The molecule has 0 saturated carbocycles. The zero-order valence-electron chi connectivity index (χ0n) is 16.7. The molecule has 1 amide bonds. The van der Waals surface area contributed by atoms with Crippen LogP contribution in [0.5, 0.6) is 0 Å². The first kappa shape index (κ1) is 18.8. The average molecular weight is 386 g/mol. The van der Waals surface area contributed by atoms with Gasteiger partial charge in [0.15, 0.2) is 0 Å². The number of H-pyrrole nitrogens is 1. The topological polar surface area (TPSA) is 79.0 Å². The van der Waals surface area contributed by atoms with Crippen LogP contribution in [-0.2, 0) is 17.8 Å². The molecule has 6 heteroatoms. The highest BCUT2D eigenvalue weighted by molar-refractivity contribution is 5.86. The largest absolute Gasteiger partial charge is 0.338 e. The number of aromatic nitrogens is 3. The second-order valence-electron chi connectivity index (χ2n) is 7.27. The summed E-state index contributed by atoms with van der Waals surface area (Å²) in [6.45, 7) is 4.20. The summed E-state index contributed by atoms with van der Waals surface area (Å²) < 4.78 is 0. The van der Waals surface area contributed by atoms with Gasteiger partial charge in [-0.15, -0.1) is 0 Å². The van der Waals surface area contributed by atoms with Crippen molar-refractivity contribution in [1.82, 2.24) is 19.9 Å². The molecule has 4 rings (SSSR count). The Hall–Kier alpha value is -3.54. The Morgan fingerprint density at radius 2 is 1.59 bits per heavy atom. The molecule has 0 fully saturated rings. The Morgan fingerprint density at radius 3 is 2.31 bits per heavy atom. The summed E-state index contributed by atoms with van der Waals surface area (Å²) >= 11 is 0. The van der Waals surface area contributed by atoms with Gasteiger partial charge in [0.1, 0.15) is 5.82 Å². The van der Waals surface area contributed by atoms with Gasteiger partial charge in [-0.25, -0.2) is 4.98 Å². The van der Waals surface area contributed by atoms with Crippen LogP contribution in [0.2, 0.25) is 0 Å². The number of carbonyl (C=O) groups excluding carboxylic acids is 1. The number of pyridine rings is 1. The first-order valence-corrected chi connectivity index (χ1v) is 9.51. The lowest BCUT2D eigenvalue weighted by atomic mass is 9.99. The van der Waals surface area contributed by atoms with E-state index in [1.807, 2.05) is 44.2 Å². The molecule has 0 spiro atoms. The normalized spacial score (nSPS) is 11.1. The summed E-state index contributed by atoms with van der Waals surface area (Å²) in [5.74, 6) is 0.415. The van der Waals surface area contributed by atoms with E-state index in [4.69, 9.17) is 0 Å². The molecule has 2 heterocycles. The maximum atomic E-state index is 12.9. The van der Waals surface area contributed by atoms with Gasteiger partial charge < -0.3 is 9.88 Å². The van der Waals surface area contributed by atoms with Crippen molar-refractivity contribution < 1.29 is 4.79 Å². The molecule has 2 aromatic carbocycles. The predicted octanol–water partition coefficient (Wildman–Crippen LogP) is 3.29. The number of aryl methyl sites for hydroxylation is 2. The standard InChI is InChI=1S/C23H22N4O2/c1-14-16-8-4-6-10-19(16)24-15(2)18(14)12-22(28)27(3)13-21-25-20-11-7-5-9-17(20)23(29)26-21/h4-11H,12-13H2,1-3H3,(H,25,26,29). The van der Waals surface area contributed by atoms with E-state index in [9.17, 15) is 9.59 Å². The van der Waals surface area contributed by atoms with Gasteiger partial charge in [-0.3, -0.25) is 14.6 Å². The van der Waals surface area contributed by atoms with Gasteiger partial charge in [-0.1, -0.05) is 30.3 Å². The minimum absolute atomic E-state index is 0.0518. The Morgan fingerprint density at radius 1 is 0.966 bits per heavy atom. The number of aromatic amines is 1. The number of benzene rings is 2. The molecule has 0 aliphatic carbocycles. The third-order valence-corrected chi connectivity index (χ3v) is 5.29. The molecule has 0 aliphatic heterocycles. The van der Waals surface area contributed by atoms with Gasteiger partial charge >= 0.3 is 0 Å². The average Bonchev–Trinajstić information content (AvgIpc) is 2.71. The van der Waals surface area contributed by atoms with Crippen molar-refractivity contribution in [2.45, 2.75) is 26.8 Å². The van der Waals surface area contributed by atoms with Crippen LogP contribution in [0.4, 0.5) is 0 Å². The van der Waals surface area contributed by atoms with Gasteiger partial charge in [0.2, 0.25) is 5.91 Å². The fourth-order valence-electron chi connectivity index (χ4n) is 3.64. The first-order valence-electron chi connectivity index (χ1n) is 9.51. The molecule has 0 radical (unpaired) electrons. The quantitative estimate of drug-likeness (QED) is 0.584. The highest BCUT2D eigenvalue weighted by Crippen LogP contribution is 2.23. The van der Waals surface area contributed by atoms with Gasteiger partial charge in [-0.2, -0.15) is 0 Å². The van der Waals surface area contributed by atoms with Crippen LogP contribution < -0.4 is 5.56 Å². The van der Waals surface area contributed by atoms with E-state index in [-0.39, 0.29) is 24.4 Å². The van der Waals surface area contributed by atoms with E-state index in [0.717, 1.165) is 27.7 Å². The molecular weight excluding hydrogens is 364 g/mol. The van der Waals surface area contributed by atoms with Crippen LogP contribution >= 0.6 is 0 Å². The van der Waals surface area contributed by atoms with Gasteiger partial charge in [0.25, 0.3) is 5.56 Å². The zero-order chi connectivity index (χ0) is 20.5. The first-order chi connectivity index (χ1) is 13.9. The van der Waals surface area contributed by atoms with Crippen LogP contribution in [0.15, 0.2) is 53.3 Å². The SMILES string of the molecule is Cc1nc2ccccc2c(C)c1CC(=O)N(C)Cc1nc2ccccc2c(=O)[nH]1. The number of amides is 1. The molecule has 1 N–H and O–H groups in total. The van der Waals surface area contributed by atoms with E-state index in [1.165, 1.54) is 0 Å². The molecule has 6 nitrogen and oxygen atoms in total. The Balaban J connectivity index is 1.58. The molecule has 2 aromatic heterocycles. The summed E-state index contributed by atoms with van der Waals surface area (Å²) in [6, 6.07) is 15.1. The molecule has 0 bridgehead atoms. The lowest BCUT2D eigenvalue weighted by molar-refractivity contribution is -0.129. The smallest absolute Gasteiger partial charge is 0.258 e. The number of nitrogens with zero attached hydrogens (tertiary/aromatic N) is 3. The van der Waals surface area contributed by atoms with Crippen molar-refractivity contribution in [2.24, 2.45) is 0 Å². The van der Waals surface area contributed by atoms with Crippen molar-refractivity contribution in [3.63, 3.8) is 0 Å². The van der Waals surface area contributed by atoms with Gasteiger partial charge in [0, 0.05) is 18.1 Å². The number of carbonyl (C=O) groups is 1. The van der Waals surface area contributed by atoms with Crippen molar-refractivity contribution in [3.8, 4) is 0 Å². The molecule has 0 saturated heterocycles. The molecular formula is C23H22N4O2. The monoisotopic (exact) mass is 386 g/mol. The summed E-state index contributed by atoms with van der Waals surface area (Å²) in [7, 11) is 1.72. The Labute approximate surface area is 168 Å². The number of hydrogen-bond donors (Lipinski definition) is 1. The fourth-order valence-corrected chi connectivity index (χ4v) is 3.64. The Kier molecular flexibility index (Phi) is 4.84. The van der Waals surface area contributed by atoms with E-state index in [2.05, 4.69) is 15.0 Å². The molecule has 29 heavy (non-hydrogen) atoms. The van der Waals surface area contributed by atoms with Crippen LogP contribution in [0.1, 0.15) is 22.6 Å². The molecule has 146 valence electrons. The molecule has 0 aliphatic rings. The highest BCUT2D eigenvalue weighted by atomic mass is 16.2. The van der Waals surface area contributed by atoms with Gasteiger partial charge in [-0.05, 0) is 43.2 Å². The minimum Gasteiger partial charge on any atom is -0.338 e. The van der Waals surface area contributed by atoms with Crippen molar-refractivity contribution in [3.05, 3.63) is 81.5 Å². The lowest BCUT2D eigenvalue weighted by Gasteiger charge is -2.19. The summed E-state index contributed by atoms with van der Waals surface area (Å²) in [5.41, 5.74) is 4.24. The predicted molar refractivity (Wildman–Crippen MR) is 114 cm³/mol. The van der Waals surface area contributed by atoms with E-state index < -0.39 is 0 Å². The van der Waals surface area contributed by atoms with Crippen LogP contribution in [0.25, 0.3) is 21.8 Å². The number of hydrogen-bond acceptors (Lipinski definition) is 4. The number of fused-ring (bicyclic) bond motifs is 2. The zero-order valence-corrected chi connectivity index (χ0v) is 16.7. The van der Waals surface area contributed by atoms with E-state index in [0.29, 0.717) is 16.7 Å². The highest BCUT2D eigenvalue weighted by Gasteiger charge is 2.17. The lowest BCUT2D eigenvalue weighted by Crippen LogP contribution is -2.30. The van der Waals surface area contributed by atoms with Crippen LogP contribution in [0.3, 0.4) is 0 Å². The van der Waals surface area contributed by atoms with Crippen molar-refractivity contribution >= 4 is 27.7 Å². The fraction of sp³-hybridized carbons (Fsp3) is 0.217. The van der Waals surface area contributed by atoms with Crippen molar-refractivity contribution in [1.29, 1.82) is 0 Å². The van der Waals surface area contributed by atoms with Crippen LogP contribution in [-0.4, -0.2) is 32.8 Å². The summed E-state index contributed by atoms with van der Waals surface area (Å²) in [5, 5.41) is 1.60. The number of para-hydroxylation sites is 2. The number of nitrogens with one attached hydrogen (secondary N) is 1. The number of likely N-dealkylation sites (N-methyl/N-ethyl adjacent to an activating group) is 1. The minimum atomic E-state index is -0.197. The molecule has 4 aromatic rings. The molecule has 0 unspecified atom stereocenters. The number of rotatable bonds is 4. The van der Waals surface area contributed by atoms with E-state index in [1.54, 1.807) is 30.1 Å². The third-order valence-electron chi connectivity index (χ3n) is 5.29. The maximum absolute atomic E-state index is 12.9. The summed E-state index contributed by atoms with van der Waals surface area (Å²) in [6.07, 6.45) is 0.254. The Bertz CT molecular complexity index is 1290. The summed E-state index contributed by atoms with van der Waals surface area (Å²) in [4.78, 5) is 38.6. The molecule has 0 atom stereocenters. The maximum Gasteiger partial charge on any atom is 0.258 e. The second-order valence-corrected chi connectivity index (χ2v) is 7.27. The second kappa shape index (κ2) is 7.47. The van der Waals surface area contributed by atoms with Gasteiger partial charge in [0.05, 0.1) is 29.4 Å².